The van der Waals surface area contributed by atoms with Crippen molar-refractivity contribution >= 4 is 12.0 Å². The summed E-state index contributed by atoms with van der Waals surface area (Å²) < 4.78 is 11.0. The lowest BCUT2D eigenvalue weighted by Crippen LogP contribution is -2.64. The molecule has 0 spiro atoms. The zero-order chi connectivity index (χ0) is 22.6. The van der Waals surface area contributed by atoms with Crippen molar-refractivity contribution in [2.24, 2.45) is 17.8 Å². The van der Waals surface area contributed by atoms with Gasteiger partial charge in [0.15, 0.2) is 0 Å². The first-order valence-corrected chi connectivity index (χ1v) is 12.2. The van der Waals surface area contributed by atoms with E-state index in [4.69, 9.17) is 9.47 Å². The Labute approximate surface area is 188 Å². The molecule has 0 saturated carbocycles. The van der Waals surface area contributed by atoms with Gasteiger partial charge in [0, 0.05) is 26.3 Å². The number of carbonyl (C=O) groups excluding carboxylic acids is 2. The van der Waals surface area contributed by atoms with Crippen LogP contribution in [-0.4, -0.2) is 79.4 Å². The van der Waals surface area contributed by atoms with Crippen LogP contribution >= 0.6 is 0 Å². The quantitative estimate of drug-likeness (QED) is 0.731. The van der Waals surface area contributed by atoms with Crippen LogP contribution in [0.1, 0.15) is 66.2 Å². The normalized spacial score (nSPS) is 25.1. The molecule has 0 aromatic rings. The minimum absolute atomic E-state index is 0.0343. The minimum atomic E-state index is -0.966. The lowest BCUT2D eigenvalue weighted by Gasteiger charge is -2.45. The monoisotopic (exact) mass is 437 g/mol. The van der Waals surface area contributed by atoms with Crippen LogP contribution in [0.5, 0.6) is 0 Å². The summed E-state index contributed by atoms with van der Waals surface area (Å²) in [6.45, 7) is 12.6. The molecule has 3 saturated heterocycles. The summed E-state index contributed by atoms with van der Waals surface area (Å²) in [5.74, 6) is 1.58. The SMILES string of the molecule is CN1CCC(C2CCN(C(=O)[C@](C)(NC(=O)OC(C)(C)C)C3CCOCC3)CC2)CC1. The highest BCUT2D eigenvalue weighted by Gasteiger charge is 2.47. The second-order valence-corrected chi connectivity index (χ2v) is 11.0. The molecule has 0 bridgehead atoms. The molecule has 0 radical (unpaired) electrons. The number of piperidine rings is 2. The maximum absolute atomic E-state index is 13.8. The van der Waals surface area contributed by atoms with Crippen LogP contribution in [-0.2, 0) is 14.3 Å². The number of amides is 2. The first kappa shape index (κ1) is 24.3. The van der Waals surface area contributed by atoms with Gasteiger partial charge in [0.2, 0.25) is 5.91 Å². The number of alkyl carbamates (subject to hydrolysis) is 1. The number of ether oxygens (including phenoxy) is 2. The molecule has 3 fully saturated rings. The van der Waals surface area contributed by atoms with Gasteiger partial charge in [0.25, 0.3) is 0 Å². The Morgan fingerprint density at radius 1 is 0.871 bits per heavy atom. The number of likely N-dealkylation sites (tertiary alicyclic amines) is 2. The van der Waals surface area contributed by atoms with E-state index in [1.54, 1.807) is 0 Å². The summed E-state index contributed by atoms with van der Waals surface area (Å²) >= 11 is 0. The topological polar surface area (TPSA) is 71.1 Å². The molecule has 1 N–H and O–H groups in total. The van der Waals surface area contributed by atoms with Gasteiger partial charge in [-0.1, -0.05) is 0 Å². The minimum Gasteiger partial charge on any atom is -0.444 e. The number of nitrogens with one attached hydrogen (secondary N) is 1. The Kier molecular flexibility index (Phi) is 7.90. The molecule has 31 heavy (non-hydrogen) atoms. The fourth-order valence-corrected chi connectivity index (χ4v) is 5.52. The molecule has 2 amide bonds. The molecule has 7 nitrogen and oxygen atoms in total. The van der Waals surface area contributed by atoms with Crippen molar-refractivity contribution in [3.05, 3.63) is 0 Å². The van der Waals surface area contributed by atoms with Crippen LogP contribution in [0.25, 0.3) is 0 Å². The van der Waals surface area contributed by atoms with Crippen LogP contribution in [0.2, 0.25) is 0 Å². The highest BCUT2D eigenvalue weighted by molar-refractivity contribution is 5.90. The van der Waals surface area contributed by atoms with Gasteiger partial charge in [-0.2, -0.15) is 0 Å². The molecule has 7 heteroatoms. The van der Waals surface area contributed by atoms with Crippen molar-refractivity contribution < 1.29 is 19.1 Å². The molecule has 0 aromatic heterocycles. The zero-order valence-electron chi connectivity index (χ0n) is 20.2. The van der Waals surface area contributed by atoms with Gasteiger partial charge in [0.1, 0.15) is 11.1 Å². The van der Waals surface area contributed by atoms with Gasteiger partial charge in [-0.25, -0.2) is 4.79 Å². The van der Waals surface area contributed by atoms with E-state index >= 15 is 0 Å². The fourth-order valence-electron chi connectivity index (χ4n) is 5.52. The molecule has 0 aliphatic carbocycles. The highest BCUT2D eigenvalue weighted by Crippen LogP contribution is 2.35. The first-order chi connectivity index (χ1) is 14.6. The number of carbonyl (C=O) groups is 2. The Balaban J connectivity index is 1.64. The molecule has 0 unspecified atom stereocenters. The lowest BCUT2D eigenvalue weighted by molar-refractivity contribution is -0.143. The van der Waals surface area contributed by atoms with E-state index in [-0.39, 0.29) is 11.8 Å². The fraction of sp³-hybridized carbons (Fsp3) is 0.917. The highest BCUT2D eigenvalue weighted by atomic mass is 16.6. The third-order valence-electron chi connectivity index (χ3n) is 7.50. The summed E-state index contributed by atoms with van der Waals surface area (Å²) in [6.07, 6.45) is 5.70. The van der Waals surface area contributed by atoms with Gasteiger partial charge in [-0.3, -0.25) is 4.79 Å². The average Bonchev–Trinajstić information content (AvgIpc) is 2.73. The van der Waals surface area contributed by atoms with Gasteiger partial charge < -0.3 is 24.6 Å². The Morgan fingerprint density at radius 3 is 1.90 bits per heavy atom. The summed E-state index contributed by atoms with van der Waals surface area (Å²) in [6, 6.07) is 0. The Hall–Kier alpha value is -1.34. The number of rotatable bonds is 4. The van der Waals surface area contributed by atoms with Crippen LogP contribution in [0, 0.1) is 17.8 Å². The van der Waals surface area contributed by atoms with Crippen molar-refractivity contribution in [2.45, 2.75) is 77.4 Å². The second kappa shape index (κ2) is 10.1. The molecule has 3 aliphatic heterocycles. The van der Waals surface area contributed by atoms with Crippen LogP contribution in [0.15, 0.2) is 0 Å². The maximum atomic E-state index is 13.8. The first-order valence-electron chi connectivity index (χ1n) is 12.2. The Bertz CT molecular complexity index is 613. The third-order valence-corrected chi connectivity index (χ3v) is 7.50. The summed E-state index contributed by atoms with van der Waals surface area (Å²) in [5, 5.41) is 2.98. The molecule has 178 valence electrons. The number of nitrogens with zero attached hydrogens (tertiary/aromatic N) is 2. The standard InChI is InChI=1S/C24H43N3O4/c1-23(2,3)31-22(29)25-24(4,20-10-16-30-17-11-20)21(28)27-14-8-19(9-15-27)18-6-12-26(5)13-7-18/h18-20H,6-17H2,1-5H3,(H,25,29)/t24-/m1/s1. The number of hydrogen-bond acceptors (Lipinski definition) is 5. The van der Waals surface area contributed by atoms with E-state index in [0.29, 0.717) is 19.1 Å². The van der Waals surface area contributed by atoms with Crippen molar-refractivity contribution in [3.63, 3.8) is 0 Å². The predicted molar refractivity (Wildman–Crippen MR) is 121 cm³/mol. The van der Waals surface area contributed by atoms with E-state index in [1.807, 2.05) is 32.6 Å². The van der Waals surface area contributed by atoms with Crippen LogP contribution in [0.3, 0.4) is 0 Å². The summed E-state index contributed by atoms with van der Waals surface area (Å²) in [4.78, 5) is 30.8. The van der Waals surface area contributed by atoms with Gasteiger partial charge in [-0.05, 0) is 104 Å². The zero-order valence-corrected chi connectivity index (χ0v) is 20.2. The van der Waals surface area contributed by atoms with Crippen LogP contribution in [0.4, 0.5) is 4.79 Å². The molecular weight excluding hydrogens is 394 g/mol. The molecule has 1 atom stereocenters. The van der Waals surface area contributed by atoms with E-state index in [9.17, 15) is 9.59 Å². The third kappa shape index (κ3) is 6.35. The second-order valence-electron chi connectivity index (χ2n) is 11.0. The molecule has 3 rings (SSSR count). The van der Waals surface area contributed by atoms with E-state index in [0.717, 1.165) is 44.7 Å². The van der Waals surface area contributed by atoms with E-state index < -0.39 is 17.2 Å². The largest absolute Gasteiger partial charge is 0.444 e. The smallest absolute Gasteiger partial charge is 0.408 e. The van der Waals surface area contributed by atoms with Gasteiger partial charge in [0.05, 0.1) is 0 Å². The molecule has 3 heterocycles. The van der Waals surface area contributed by atoms with E-state index in [1.165, 1.54) is 25.9 Å². The molecule has 0 aromatic carbocycles. The average molecular weight is 438 g/mol. The predicted octanol–water partition coefficient (Wildman–Crippen LogP) is 3.28. The van der Waals surface area contributed by atoms with Gasteiger partial charge in [-0.15, -0.1) is 0 Å². The lowest BCUT2D eigenvalue weighted by atomic mass is 9.76. The summed E-state index contributed by atoms with van der Waals surface area (Å²) in [5.41, 5.74) is -1.57. The Morgan fingerprint density at radius 2 is 1.39 bits per heavy atom. The van der Waals surface area contributed by atoms with Crippen molar-refractivity contribution in [1.82, 2.24) is 15.1 Å². The number of hydrogen-bond donors (Lipinski definition) is 1. The summed E-state index contributed by atoms with van der Waals surface area (Å²) in [7, 11) is 2.20. The van der Waals surface area contributed by atoms with Crippen molar-refractivity contribution in [3.8, 4) is 0 Å². The van der Waals surface area contributed by atoms with Crippen molar-refractivity contribution in [2.75, 3.05) is 46.4 Å². The maximum Gasteiger partial charge on any atom is 0.408 e. The van der Waals surface area contributed by atoms with Crippen LogP contribution < -0.4 is 5.32 Å². The van der Waals surface area contributed by atoms with E-state index in [2.05, 4.69) is 17.3 Å². The molecular formula is C24H43N3O4. The van der Waals surface area contributed by atoms with Crippen molar-refractivity contribution in [1.29, 1.82) is 0 Å². The van der Waals surface area contributed by atoms with Gasteiger partial charge >= 0.3 is 6.09 Å². The molecule has 3 aliphatic rings.